The highest BCUT2D eigenvalue weighted by atomic mass is 32.1. The number of benzene rings is 1. The molecular weight excluding hydrogens is 328 g/mol. The van der Waals surface area contributed by atoms with E-state index in [4.69, 9.17) is 0 Å². The molecule has 0 atom stereocenters. The number of para-hydroxylation sites is 1. The van der Waals surface area contributed by atoms with E-state index in [2.05, 4.69) is 61.6 Å². The molecule has 5 heteroatoms. The molecule has 0 unspecified atom stereocenters. The zero-order valence-electron chi connectivity index (χ0n) is 13.3. The minimum atomic E-state index is 0.870. The molecule has 1 aliphatic rings. The van der Waals surface area contributed by atoms with Crippen molar-refractivity contribution in [3.8, 4) is 17.1 Å². The van der Waals surface area contributed by atoms with Crippen LogP contribution in [0.5, 0.6) is 0 Å². The van der Waals surface area contributed by atoms with Gasteiger partial charge in [-0.15, -0.1) is 0 Å². The van der Waals surface area contributed by atoms with Crippen LogP contribution in [0.1, 0.15) is 5.56 Å². The molecule has 0 radical (unpaired) electrons. The van der Waals surface area contributed by atoms with Crippen LogP contribution in [0.15, 0.2) is 67.3 Å². The molecule has 0 spiro atoms. The Bertz CT molecular complexity index is 1270. The molecule has 0 bridgehead atoms. The van der Waals surface area contributed by atoms with Crippen LogP contribution in [0.2, 0.25) is 0 Å². The molecule has 0 fully saturated rings. The van der Waals surface area contributed by atoms with E-state index in [1.165, 1.54) is 43.1 Å². The van der Waals surface area contributed by atoms with Crippen LogP contribution in [-0.2, 0) is 6.54 Å². The summed E-state index contributed by atoms with van der Waals surface area (Å²) in [4.78, 5) is 9.91. The van der Waals surface area contributed by atoms with Crippen LogP contribution in [0.25, 0.3) is 37.5 Å². The predicted octanol–water partition coefficient (Wildman–Crippen LogP) is 3.95. The first kappa shape index (κ1) is 13.3. The normalized spacial score (nSPS) is 12.6. The van der Waals surface area contributed by atoms with E-state index in [9.17, 15) is 0 Å². The van der Waals surface area contributed by atoms with E-state index in [0.717, 1.165) is 6.54 Å². The number of hydrogen-bond donors (Lipinski definition) is 0. The molecule has 118 valence electrons. The molecule has 25 heavy (non-hydrogen) atoms. The molecule has 0 saturated heterocycles. The van der Waals surface area contributed by atoms with Crippen molar-refractivity contribution in [1.82, 2.24) is 14.5 Å². The third kappa shape index (κ3) is 1.68. The molecular formula is C20H13N4S+. The number of thiophene rings is 1. The summed E-state index contributed by atoms with van der Waals surface area (Å²) in [7, 11) is 0. The molecule has 1 aromatic carbocycles. The Balaban J connectivity index is 1.84. The van der Waals surface area contributed by atoms with Crippen molar-refractivity contribution in [3.05, 3.63) is 72.8 Å². The Hall–Kier alpha value is -3.05. The third-order valence-electron chi connectivity index (χ3n) is 4.87. The summed E-state index contributed by atoms with van der Waals surface area (Å²) in [5, 5.41) is 1.26. The standard InChI is InChI=1S/C20H13N4S/c1-2-4-14(5-3-1)24-18-16-7-9-22-11-17(16)25-20(18)23-12-13-10-21-8-6-15(13)19(23)24/h1-11H,12H2/q+1. The van der Waals surface area contributed by atoms with Crippen LogP contribution < -0.4 is 4.57 Å². The Kier molecular flexibility index (Phi) is 2.51. The van der Waals surface area contributed by atoms with Crippen molar-refractivity contribution in [2.45, 2.75) is 6.54 Å². The maximum Gasteiger partial charge on any atom is 0.296 e. The predicted molar refractivity (Wildman–Crippen MR) is 99.0 cm³/mol. The summed E-state index contributed by atoms with van der Waals surface area (Å²) in [6.45, 7) is 0.870. The summed E-state index contributed by atoms with van der Waals surface area (Å²) in [6.07, 6.45) is 7.71. The lowest BCUT2D eigenvalue weighted by Crippen LogP contribution is -2.30. The van der Waals surface area contributed by atoms with Crippen molar-refractivity contribution in [1.29, 1.82) is 0 Å². The zero-order valence-corrected chi connectivity index (χ0v) is 14.1. The monoisotopic (exact) mass is 341 g/mol. The topological polar surface area (TPSA) is 34.6 Å². The average molecular weight is 341 g/mol. The second kappa shape index (κ2) is 4.74. The van der Waals surface area contributed by atoms with E-state index < -0.39 is 0 Å². The van der Waals surface area contributed by atoms with Crippen LogP contribution in [-0.4, -0.2) is 14.5 Å². The molecule has 0 saturated carbocycles. The van der Waals surface area contributed by atoms with E-state index in [-0.39, 0.29) is 0 Å². The molecule has 1 aliphatic heterocycles. The molecule has 5 aromatic rings. The number of imidazole rings is 1. The van der Waals surface area contributed by atoms with Crippen molar-refractivity contribution < 1.29 is 4.57 Å². The fourth-order valence-corrected chi connectivity index (χ4v) is 4.98. The van der Waals surface area contributed by atoms with Crippen LogP contribution >= 0.6 is 11.3 Å². The van der Waals surface area contributed by atoms with Gasteiger partial charge in [0.1, 0.15) is 12.2 Å². The van der Waals surface area contributed by atoms with Gasteiger partial charge in [-0.1, -0.05) is 29.5 Å². The summed E-state index contributed by atoms with van der Waals surface area (Å²) in [6, 6.07) is 14.8. The van der Waals surface area contributed by atoms with Crippen LogP contribution in [0, 0.1) is 0 Å². The number of hydrogen-bond acceptors (Lipinski definition) is 3. The lowest BCUT2D eigenvalue weighted by molar-refractivity contribution is -0.643. The highest BCUT2D eigenvalue weighted by Crippen LogP contribution is 2.40. The lowest BCUT2D eigenvalue weighted by atomic mass is 10.1. The van der Waals surface area contributed by atoms with Gasteiger partial charge in [0.15, 0.2) is 5.52 Å². The maximum atomic E-state index is 4.32. The maximum absolute atomic E-state index is 4.32. The van der Waals surface area contributed by atoms with Gasteiger partial charge in [-0.2, -0.15) is 4.57 Å². The summed E-state index contributed by atoms with van der Waals surface area (Å²) in [5.41, 5.74) is 5.00. The second-order valence-electron chi connectivity index (χ2n) is 6.24. The number of pyridine rings is 2. The van der Waals surface area contributed by atoms with Gasteiger partial charge in [0.05, 0.1) is 10.3 Å². The summed E-state index contributed by atoms with van der Waals surface area (Å²) < 4.78 is 6.03. The van der Waals surface area contributed by atoms with E-state index in [0.29, 0.717) is 0 Å². The van der Waals surface area contributed by atoms with Gasteiger partial charge in [-0.25, -0.2) is 4.57 Å². The fraction of sp³-hybridized carbons (Fsp3) is 0.0500. The molecule has 5 heterocycles. The Labute approximate surface area is 147 Å². The first-order chi connectivity index (χ1) is 12.4. The molecule has 0 amide bonds. The third-order valence-corrected chi connectivity index (χ3v) is 6.02. The van der Waals surface area contributed by atoms with E-state index >= 15 is 0 Å². The molecule has 4 nitrogen and oxygen atoms in total. The van der Waals surface area contributed by atoms with Gasteiger partial charge < -0.3 is 0 Å². The highest BCUT2D eigenvalue weighted by molar-refractivity contribution is 7.25. The van der Waals surface area contributed by atoms with Gasteiger partial charge >= 0.3 is 0 Å². The summed E-state index contributed by atoms with van der Waals surface area (Å²) in [5.74, 6) is 1.24. The number of rotatable bonds is 1. The number of aromatic nitrogens is 4. The fourth-order valence-electron chi connectivity index (χ4n) is 3.83. The van der Waals surface area contributed by atoms with E-state index in [1.54, 1.807) is 0 Å². The minimum Gasteiger partial charge on any atom is -0.264 e. The second-order valence-corrected chi connectivity index (χ2v) is 7.27. The Morgan fingerprint density at radius 2 is 1.80 bits per heavy atom. The first-order valence-electron chi connectivity index (χ1n) is 8.21. The molecule has 4 aromatic heterocycles. The highest BCUT2D eigenvalue weighted by Gasteiger charge is 2.37. The molecule has 6 rings (SSSR count). The van der Waals surface area contributed by atoms with Gasteiger partial charge in [-0.3, -0.25) is 9.97 Å². The number of fused-ring (bicyclic) bond motifs is 7. The van der Waals surface area contributed by atoms with Crippen LogP contribution in [0.3, 0.4) is 0 Å². The van der Waals surface area contributed by atoms with E-state index in [1.807, 2.05) is 36.1 Å². The lowest BCUT2D eigenvalue weighted by Gasteiger charge is -2.01. The average Bonchev–Trinajstić information content (AvgIpc) is 3.30. The minimum absolute atomic E-state index is 0.870. The number of nitrogens with zero attached hydrogens (tertiary/aromatic N) is 4. The largest absolute Gasteiger partial charge is 0.296 e. The Morgan fingerprint density at radius 3 is 2.72 bits per heavy atom. The quantitative estimate of drug-likeness (QED) is 0.424. The van der Waals surface area contributed by atoms with Crippen molar-refractivity contribution in [2.24, 2.45) is 0 Å². The smallest absolute Gasteiger partial charge is 0.264 e. The Morgan fingerprint density at radius 1 is 0.960 bits per heavy atom. The van der Waals surface area contributed by atoms with Gasteiger partial charge in [-0.05, 0) is 24.3 Å². The van der Waals surface area contributed by atoms with Gasteiger partial charge in [0.25, 0.3) is 5.82 Å². The first-order valence-corrected chi connectivity index (χ1v) is 9.03. The molecule has 0 N–H and O–H groups in total. The van der Waals surface area contributed by atoms with Crippen molar-refractivity contribution in [2.75, 3.05) is 0 Å². The van der Waals surface area contributed by atoms with Crippen LogP contribution in [0.4, 0.5) is 0 Å². The van der Waals surface area contributed by atoms with Crippen molar-refractivity contribution >= 4 is 31.8 Å². The molecule has 0 aliphatic carbocycles. The SMILES string of the molecule is c1ccc(-n2c3[n+](c4sc5cnccc5c42)Cc2cnccc2-3)cc1. The van der Waals surface area contributed by atoms with Gasteiger partial charge in [0.2, 0.25) is 4.83 Å². The summed E-state index contributed by atoms with van der Waals surface area (Å²) >= 11 is 1.81. The zero-order chi connectivity index (χ0) is 16.4. The van der Waals surface area contributed by atoms with Crippen molar-refractivity contribution in [3.63, 3.8) is 0 Å². The van der Waals surface area contributed by atoms with Gasteiger partial charge in [0, 0.05) is 35.7 Å².